The molecule has 4 atom stereocenters. The molecule has 0 saturated heterocycles. The maximum absolute atomic E-state index is 14.8. The summed E-state index contributed by atoms with van der Waals surface area (Å²) in [7, 11) is 1.38. The minimum atomic E-state index is -4.99. The maximum atomic E-state index is 14.8. The lowest BCUT2D eigenvalue weighted by Gasteiger charge is -2.33. The van der Waals surface area contributed by atoms with Crippen molar-refractivity contribution in [1.29, 1.82) is 0 Å². The van der Waals surface area contributed by atoms with Crippen molar-refractivity contribution in [2.24, 2.45) is 11.7 Å². The van der Waals surface area contributed by atoms with Gasteiger partial charge in [0.15, 0.2) is 6.61 Å². The van der Waals surface area contributed by atoms with E-state index in [1.165, 1.54) is 69.5 Å². The van der Waals surface area contributed by atoms with E-state index in [9.17, 15) is 46.2 Å². The van der Waals surface area contributed by atoms with E-state index in [4.69, 9.17) is 20.3 Å². The van der Waals surface area contributed by atoms with Crippen LogP contribution in [-0.2, 0) is 25.6 Å². The van der Waals surface area contributed by atoms with Crippen molar-refractivity contribution in [2.75, 3.05) is 20.3 Å². The number of hydrogen-bond acceptors (Lipinski definition) is 8. The number of hydrogen-bond donors (Lipinski definition) is 6. The van der Waals surface area contributed by atoms with E-state index >= 15 is 0 Å². The van der Waals surface area contributed by atoms with Crippen LogP contribution < -0.4 is 31.2 Å². The molecule has 4 unspecified atom stereocenters. The molecule has 0 saturated carbocycles. The minimum Gasteiger partial charge on any atom is -0.497 e. The highest BCUT2D eigenvalue weighted by atomic mass is 19.4. The number of aliphatic hydroxyl groups is 1. The number of halogens is 5. The van der Waals surface area contributed by atoms with E-state index in [-0.39, 0.29) is 17.7 Å². The molecule has 17 heteroatoms. The third kappa shape index (κ3) is 11.1. The SMILES string of the molecule is COc1ccc(C(NC(=O)C(N)Cc2ccc(OCC(=O)O)cc2)C(=O)NC(C(C)C)C(O)C(F)(F)C(=O)NCC(F)(F)F)cc1. The quantitative estimate of drug-likeness (QED) is 0.145. The molecular weight excluding hydrogens is 627 g/mol. The predicted octanol–water partition coefficient (Wildman–Crippen LogP) is 1.70. The van der Waals surface area contributed by atoms with E-state index in [1.807, 2.05) is 0 Å². The highest BCUT2D eigenvalue weighted by Crippen LogP contribution is 2.27. The minimum absolute atomic E-state index is 0.0470. The second kappa shape index (κ2) is 16.2. The van der Waals surface area contributed by atoms with Crippen molar-refractivity contribution in [3.8, 4) is 11.5 Å². The van der Waals surface area contributed by atoms with Gasteiger partial charge in [-0.25, -0.2) is 4.79 Å². The molecule has 2 aromatic carbocycles. The number of carboxylic acids is 1. The third-order valence-corrected chi connectivity index (χ3v) is 6.57. The smallest absolute Gasteiger partial charge is 0.405 e. The lowest BCUT2D eigenvalue weighted by molar-refractivity contribution is -0.175. The topological polar surface area (TPSA) is 189 Å². The van der Waals surface area contributed by atoms with Crippen LogP contribution in [0.3, 0.4) is 0 Å². The number of nitrogens with two attached hydrogens (primary N) is 1. The Kier molecular flexibility index (Phi) is 13.2. The van der Waals surface area contributed by atoms with Gasteiger partial charge in [0.05, 0.1) is 19.2 Å². The van der Waals surface area contributed by atoms with Crippen LogP contribution in [0.2, 0.25) is 0 Å². The summed E-state index contributed by atoms with van der Waals surface area (Å²) in [6.07, 6.45) is -8.00. The first-order chi connectivity index (χ1) is 21.3. The fourth-order valence-corrected chi connectivity index (χ4v) is 4.08. The monoisotopic (exact) mass is 662 g/mol. The number of nitrogens with one attached hydrogen (secondary N) is 3. The lowest BCUT2D eigenvalue weighted by Crippen LogP contribution is -2.60. The van der Waals surface area contributed by atoms with Crippen molar-refractivity contribution < 1.29 is 60.8 Å². The molecule has 0 aliphatic rings. The molecule has 7 N–H and O–H groups in total. The number of carbonyl (C=O) groups is 4. The first-order valence-corrected chi connectivity index (χ1v) is 13.7. The van der Waals surface area contributed by atoms with Gasteiger partial charge in [-0.2, -0.15) is 22.0 Å². The molecule has 0 aliphatic carbocycles. The van der Waals surface area contributed by atoms with Gasteiger partial charge in [-0.15, -0.1) is 0 Å². The highest BCUT2D eigenvalue weighted by Gasteiger charge is 2.52. The summed E-state index contributed by atoms with van der Waals surface area (Å²) in [4.78, 5) is 49.1. The molecule has 0 aliphatic heterocycles. The zero-order valence-electron chi connectivity index (χ0n) is 24.9. The predicted molar refractivity (Wildman–Crippen MR) is 152 cm³/mol. The molecule has 12 nitrogen and oxygen atoms in total. The Labute approximate surface area is 260 Å². The van der Waals surface area contributed by atoms with Crippen LogP contribution in [-0.4, -0.2) is 84.5 Å². The summed E-state index contributed by atoms with van der Waals surface area (Å²) in [5.74, 6) is -10.6. The second-order valence-corrected chi connectivity index (χ2v) is 10.5. The van der Waals surface area contributed by atoms with Crippen molar-refractivity contribution in [3.05, 3.63) is 59.7 Å². The molecule has 0 fully saturated rings. The number of ether oxygens (including phenoxy) is 2. The van der Waals surface area contributed by atoms with Gasteiger partial charge >= 0.3 is 18.1 Å². The van der Waals surface area contributed by atoms with E-state index in [0.717, 1.165) is 5.32 Å². The number of carbonyl (C=O) groups excluding carboxylic acids is 3. The van der Waals surface area contributed by atoms with Crippen molar-refractivity contribution in [2.45, 2.75) is 56.6 Å². The van der Waals surface area contributed by atoms with E-state index < -0.39 is 79.1 Å². The van der Waals surface area contributed by atoms with Gasteiger partial charge in [-0.3, -0.25) is 14.4 Å². The molecule has 0 aromatic heterocycles. The van der Waals surface area contributed by atoms with Gasteiger partial charge in [-0.1, -0.05) is 38.1 Å². The van der Waals surface area contributed by atoms with Crippen molar-refractivity contribution in [3.63, 3.8) is 0 Å². The number of aliphatic carboxylic acids is 1. The number of rotatable bonds is 16. The van der Waals surface area contributed by atoms with Gasteiger partial charge in [-0.05, 0) is 47.7 Å². The molecule has 2 rings (SSSR count). The van der Waals surface area contributed by atoms with Crippen LogP contribution in [0, 0.1) is 5.92 Å². The van der Waals surface area contributed by atoms with Crippen LogP contribution >= 0.6 is 0 Å². The van der Waals surface area contributed by atoms with Gasteiger partial charge in [0, 0.05) is 0 Å². The molecular formula is C29H35F5N4O8. The standard InChI is InChI=1S/C29H35F5N4O8/c1-15(2)22(24(41)29(33,34)27(44)36-14-28(30,31)32)37-26(43)23(17-6-10-18(45-3)11-7-17)38-25(42)20(35)12-16-4-8-19(9-5-16)46-13-21(39)40/h4-11,15,20,22-24,41H,12-14,35H2,1-3H3,(H,36,44)(H,37,43)(H,38,42)(H,39,40). The zero-order chi connectivity index (χ0) is 34.8. The average molecular weight is 663 g/mol. The Balaban J connectivity index is 2.26. The first kappa shape index (κ1) is 37.7. The number of amides is 3. The molecule has 0 bridgehead atoms. The van der Waals surface area contributed by atoms with Crippen molar-refractivity contribution in [1.82, 2.24) is 16.0 Å². The summed E-state index contributed by atoms with van der Waals surface area (Å²) in [6.45, 7) is -0.00549. The molecule has 0 spiro atoms. The molecule has 3 amide bonds. The molecule has 2 aromatic rings. The van der Waals surface area contributed by atoms with Crippen LogP contribution in [0.1, 0.15) is 31.0 Å². The molecule has 46 heavy (non-hydrogen) atoms. The third-order valence-electron chi connectivity index (χ3n) is 6.57. The molecule has 254 valence electrons. The number of carboxylic acid groups (broad SMARTS) is 1. The number of methoxy groups -OCH3 is 1. The summed E-state index contributed by atoms with van der Waals surface area (Å²) < 4.78 is 77.0. The number of benzene rings is 2. The Morgan fingerprint density at radius 2 is 1.46 bits per heavy atom. The Bertz CT molecular complexity index is 1340. The van der Waals surface area contributed by atoms with Crippen LogP contribution in [0.15, 0.2) is 48.5 Å². The van der Waals surface area contributed by atoms with Gasteiger partial charge in [0.1, 0.15) is 30.2 Å². The second-order valence-electron chi connectivity index (χ2n) is 10.5. The normalized spacial score (nSPS) is 14.4. The summed E-state index contributed by atoms with van der Waals surface area (Å²) >= 11 is 0. The molecule has 0 heterocycles. The van der Waals surface area contributed by atoms with Gasteiger partial charge in [0.2, 0.25) is 11.8 Å². The highest BCUT2D eigenvalue weighted by molar-refractivity contribution is 5.91. The fourth-order valence-electron chi connectivity index (χ4n) is 4.08. The summed E-state index contributed by atoms with van der Waals surface area (Å²) in [5, 5.41) is 24.8. The largest absolute Gasteiger partial charge is 0.497 e. The van der Waals surface area contributed by atoms with Gasteiger partial charge < -0.3 is 41.4 Å². The van der Waals surface area contributed by atoms with E-state index in [1.54, 1.807) is 0 Å². The zero-order valence-corrected chi connectivity index (χ0v) is 24.9. The fraction of sp³-hybridized carbons (Fsp3) is 0.448. The Morgan fingerprint density at radius 1 is 0.891 bits per heavy atom. The molecule has 0 radical (unpaired) electrons. The van der Waals surface area contributed by atoms with Crippen LogP contribution in [0.5, 0.6) is 11.5 Å². The summed E-state index contributed by atoms with van der Waals surface area (Å²) in [6, 6.07) is 7.01. The Morgan fingerprint density at radius 3 is 1.96 bits per heavy atom. The number of aliphatic hydroxyl groups excluding tert-OH is 1. The Hall–Kier alpha value is -4.51. The summed E-state index contributed by atoms with van der Waals surface area (Å²) in [5.41, 5.74) is 6.76. The lowest BCUT2D eigenvalue weighted by atomic mass is 9.93. The average Bonchev–Trinajstić information content (AvgIpc) is 2.99. The van der Waals surface area contributed by atoms with Crippen LogP contribution in [0.4, 0.5) is 22.0 Å². The van der Waals surface area contributed by atoms with Gasteiger partial charge in [0.25, 0.3) is 5.91 Å². The van der Waals surface area contributed by atoms with Crippen molar-refractivity contribution >= 4 is 23.7 Å². The maximum Gasteiger partial charge on any atom is 0.405 e. The van der Waals surface area contributed by atoms with Crippen LogP contribution in [0.25, 0.3) is 0 Å². The first-order valence-electron chi connectivity index (χ1n) is 13.7. The number of alkyl halides is 5. The van der Waals surface area contributed by atoms with E-state index in [2.05, 4.69) is 10.6 Å². The van der Waals surface area contributed by atoms with E-state index in [0.29, 0.717) is 11.3 Å².